The summed E-state index contributed by atoms with van der Waals surface area (Å²) in [5.41, 5.74) is -0.147. The number of benzene rings is 2. The largest absolute Gasteiger partial charge is 0.573 e. The minimum absolute atomic E-state index is 0.167. The molecular weight excluding hydrogens is 474 g/mol. The van der Waals surface area contributed by atoms with Crippen LogP contribution in [-0.4, -0.2) is 22.4 Å². The maximum Gasteiger partial charge on any atom is 0.573 e. The van der Waals surface area contributed by atoms with Crippen LogP contribution in [0.4, 0.5) is 43.8 Å². The first-order valence-corrected chi connectivity index (χ1v) is 10.00. The fourth-order valence-corrected chi connectivity index (χ4v) is 3.15. The van der Waals surface area contributed by atoms with Crippen molar-refractivity contribution >= 4 is 29.1 Å². The number of ether oxygens (including phenoxy) is 1. The van der Waals surface area contributed by atoms with E-state index in [0.29, 0.717) is 5.56 Å². The number of nitrogens with zero attached hydrogens (tertiary/aromatic N) is 2. The molecule has 174 valence electrons. The second-order valence-corrected chi connectivity index (χ2v) is 7.68. The third kappa shape index (κ3) is 6.19. The third-order valence-corrected chi connectivity index (χ3v) is 4.87. The second kappa shape index (κ2) is 8.62. The molecule has 0 spiro atoms. The topological polar surface area (TPSA) is 59.1 Å². The zero-order chi connectivity index (χ0) is 23.8. The van der Waals surface area contributed by atoms with Crippen LogP contribution in [0.15, 0.2) is 48.5 Å². The first kappa shape index (κ1) is 23.0. The molecule has 0 radical (unpaired) electrons. The monoisotopic (exact) mass is 488 g/mol. The standard InChI is InChI=1S/C21H15ClF6N4O/c22-15-9-12(20(23,24)25)4-7-16(15)30-18-10-17(31-19(32-18)29-13-5-6-13)11-2-1-3-14(8-11)33-21(26,27)28/h1-4,7-10,13H,5-6H2,(H2,29,30,31,32). The normalized spacial score (nSPS) is 14.2. The minimum atomic E-state index is -4.85. The van der Waals surface area contributed by atoms with Gasteiger partial charge in [0.2, 0.25) is 5.95 Å². The molecule has 0 bridgehead atoms. The SMILES string of the molecule is FC(F)(F)Oc1cccc(-c2cc(Nc3ccc(C(F)(F)F)cc3Cl)nc(NC3CC3)n2)c1. The van der Waals surface area contributed by atoms with Crippen LogP contribution >= 0.6 is 11.6 Å². The molecule has 4 rings (SSSR count). The lowest BCUT2D eigenvalue weighted by atomic mass is 10.1. The molecule has 2 aromatic carbocycles. The molecule has 0 unspecified atom stereocenters. The van der Waals surface area contributed by atoms with Gasteiger partial charge in [-0.2, -0.15) is 18.2 Å². The predicted molar refractivity (Wildman–Crippen MR) is 111 cm³/mol. The van der Waals surface area contributed by atoms with Crippen molar-refractivity contribution in [3.8, 4) is 17.0 Å². The molecule has 3 aromatic rings. The molecule has 5 nitrogen and oxygen atoms in total. The number of hydrogen-bond donors (Lipinski definition) is 2. The van der Waals surface area contributed by atoms with E-state index in [0.717, 1.165) is 31.0 Å². The van der Waals surface area contributed by atoms with E-state index < -0.39 is 23.9 Å². The Hall–Kier alpha value is -3.21. The van der Waals surface area contributed by atoms with Gasteiger partial charge >= 0.3 is 12.5 Å². The van der Waals surface area contributed by atoms with Gasteiger partial charge in [-0.3, -0.25) is 0 Å². The maximum absolute atomic E-state index is 12.9. The summed E-state index contributed by atoms with van der Waals surface area (Å²) in [4.78, 5) is 8.65. The summed E-state index contributed by atoms with van der Waals surface area (Å²) in [6.07, 6.45) is -7.57. The molecule has 33 heavy (non-hydrogen) atoms. The van der Waals surface area contributed by atoms with Crippen LogP contribution in [0.2, 0.25) is 5.02 Å². The van der Waals surface area contributed by atoms with Gasteiger partial charge in [0.15, 0.2) is 0 Å². The lowest BCUT2D eigenvalue weighted by molar-refractivity contribution is -0.274. The highest BCUT2D eigenvalue weighted by Crippen LogP contribution is 2.36. The number of alkyl halides is 6. The van der Waals surface area contributed by atoms with Crippen molar-refractivity contribution in [2.75, 3.05) is 10.6 Å². The van der Waals surface area contributed by atoms with E-state index >= 15 is 0 Å². The average molecular weight is 489 g/mol. The van der Waals surface area contributed by atoms with Crippen LogP contribution in [0.3, 0.4) is 0 Å². The molecule has 1 aromatic heterocycles. The van der Waals surface area contributed by atoms with Crippen molar-refractivity contribution in [2.45, 2.75) is 31.4 Å². The molecule has 0 saturated heterocycles. The Morgan fingerprint density at radius 3 is 2.33 bits per heavy atom. The van der Waals surface area contributed by atoms with E-state index in [9.17, 15) is 26.3 Å². The van der Waals surface area contributed by atoms with Gasteiger partial charge in [0, 0.05) is 17.7 Å². The van der Waals surface area contributed by atoms with Crippen LogP contribution in [0.25, 0.3) is 11.3 Å². The van der Waals surface area contributed by atoms with E-state index in [1.165, 1.54) is 24.3 Å². The smallest absolute Gasteiger partial charge is 0.406 e. The molecule has 0 aliphatic heterocycles. The summed E-state index contributed by atoms with van der Waals surface area (Å²) in [6.45, 7) is 0. The van der Waals surface area contributed by atoms with Crippen molar-refractivity contribution in [3.63, 3.8) is 0 Å². The molecular formula is C21H15ClF6N4O. The third-order valence-electron chi connectivity index (χ3n) is 4.56. The van der Waals surface area contributed by atoms with Gasteiger partial charge in [-0.25, -0.2) is 4.98 Å². The van der Waals surface area contributed by atoms with Gasteiger partial charge in [0.05, 0.1) is 22.0 Å². The van der Waals surface area contributed by atoms with Crippen molar-refractivity contribution in [1.29, 1.82) is 0 Å². The highest BCUT2D eigenvalue weighted by molar-refractivity contribution is 6.33. The predicted octanol–water partition coefficient (Wildman–Crippen LogP) is 7.03. The highest BCUT2D eigenvalue weighted by Gasteiger charge is 2.32. The van der Waals surface area contributed by atoms with Gasteiger partial charge in [-0.15, -0.1) is 13.2 Å². The number of hydrogen-bond acceptors (Lipinski definition) is 5. The summed E-state index contributed by atoms with van der Waals surface area (Å²) < 4.78 is 80.4. The van der Waals surface area contributed by atoms with Gasteiger partial charge in [-0.05, 0) is 43.2 Å². The quantitative estimate of drug-likeness (QED) is 0.365. The van der Waals surface area contributed by atoms with Crippen LogP contribution in [0, 0.1) is 0 Å². The summed E-state index contributed by atoms with van der Waals surface area (Å²) in [6, 6.07) is 9.69. The maximum atomic E-state index is 12.9. The zero-order valence-corrected chi connectivity index (χ0v) is 17.3. The van der Waals surface area contributed by atoms with E-state index in [2.05, 4.69) is 25.3 Å². The summed E-state index contributed by atoms with van der Waals surface area (Å²) in [5.74, 6) is -0.0229. The van der Waals surface area contributed by atoms with Gasteiger partial charge in [-0.1, -0.05) is 23.7 Å². The summed E-state index contributed by atoms with van der Waals surface area (Å²) in [5, 5.41) is 5.76. The van der Waals surface area contributed by atoms with Gasteiger partial charge in [0.1, 0.15) is 11.6 Å². The molecule has 1 fully saturated rings. The van der Waals surface area contributed by atoms with Crippen LogP contribution < -0.4 is 15.4 Å². The second-order valence-electron chi connectivity index (χ2n) is 7.27. The molecule has 12 heteroatoms. The summed E-state index contributed by atoms with van der Waals surface area (Å²) >= 11 is 6.01. The van der Waals surface area contributed by atoms with Crippen LogP contribution in [-0.2, 0) is 6.18 Å². The van der Waals surface area contributed by atoms with E-state index in [4.69, 9.17) is 11.6 Å². The highest BCUT2D eigenvalue weighted by atomic mass is 35.5. The van der Waals surface area contributed by atoms with Crippen molar-refractivity contribution in [1.82, 2.24) is 9.97 Å². The fraction of sp³-hybridized carbons (Fsp3) is 0.238. The van der Waals surface area contributed by atoms with Gasteiger partial charge < -0.3 is 15.4 Å². The number of anilines is 3. The number of nitrogens with one attached hydrogen (secondary N) is 2. The Morgan fingerprint density at radius 2 is 1.70 bits per heavy atom. The average Bonchev–Trinajstić information content (AvgIpc) is 3.51. The van der Waals surface area contributed by atoms with Crippen molar-refractivity contribution in [3.05, 3.63) is 59.1 Å². The van der Waals surface area contributed by atoms with E-state index in [1.807, 2.05) is 0 Å². The Labute approximate surface area is 188 Å². The molecule has 2 N–H and O–H groups in total. The molecule has 0 amide bonds. The molecule has 1 aliphatic carbocycles. The zero-order valence-electron chi connectivity index (χ0n) is 16.6. The number of halogens is 7. The molecule has 1 saturated carbocycles. The Morgan fingerprint density at radius 1 is 0.939 bits per heavy atom. The van der Waals surface area contributed by atoms with E-state index in [-0.39, 0.29) is 34.2 Å². The van der Waals surface area contributed by atoms with Crippen molar-refractivity contribution in [2.24, 2.45) is 0 Å². The molecule has 1 aliphatic rings. The van der Waals surface area contributed by atoms with Crippen LogP contribution in [0.5, 0.6) is 5.75 Å². The number of rotatable bonds is 6. The fourth-order valence-electron chi connectivity index (χ4n) is 2.92. The first-order valence-electron chi connectivity index (χ1n) is 9.62. The number of aromatic nitrogens is 2. The Balaban J connectivity index is 1.67. The molecule has 0 atom stereocenters. The van der Waals surface area contributed by atoms with Crippen molar-refractivity contribution < 1.29 is 31.1 Å². The molecule has 1 heterocycles. The lowest BCUT2D eigenvalue weighted by Crippen LogP contribution is -2.17. The Kier molecular flexibility index (Phi) is 6.00. The Bertz CT molecular complexity index is 1160. The lowest BCUT2D eigenvalue weighted by Gasteiger charge is -2.14. The van der Waals surface area contributed by atoms with Crippen LogP contribution in [0.1, 0.15) is 18.4 Å². The van der Waals surface area contributed by atoms with E-state index in [1.54, 1.807) is 6.07 Å². The minimum Gasteiger partial charge on any atom is -0.406 e. The summed E-state index contributed by atoms with van der Waals surface area (Å²) in [7, 11) is 0. The van der Waals surface area contributed by atoms with Gasteiger partial charge in [0.25, 0.3) is 0 Å². The first-order chi connectivity index (χ1) is 15.5.